The van der Waals surface area contributed by atoms with Crippen molar-refractivity contribution in [1.82, 2.24) is 10.2 Å². The third-order valence-corrected chi connectivity index (χ3v) is 3.81. The molecule has 0 aliphatic heterocycles. The zero-order valence-electron chi connectivity index (χ0n) is 11.0. The Bertz CT molecular complexity index is 813. The number of hydrogen-bond acceptors (Lipinski definition) is 5. The number of aromatic amines is 1. The van der Waals surface area contributed by atoms with Gasteiger partial charge in [0.25, 0.3) is 0 Å². The van der Waals surface area contributed by atoms with E-state index in [1.165, 1.54) is 7.11 Å². The van der Waals surface area contributed by atoms with Crippen molar-refractivity contribution >= 4 is 15.8 Å². The molecular formula is C12H11FN2O5S. The van der Waals surface area contributed by atoms with Crippen molar-refractivity contribution in [2.24, 2.45) is 0 Å². The van der Waals surface area contributed by atoms with Gasteiger partial charge in [0, 0.05) is 11.8 Å². The van der Waals surface area contributed by atoms with E-state index < -0.39 is 21.6 Å². The first-order valence-corrected chi connectivity index (χ1v) is 7.50. The van der Waals surface area contributed by atoms with Crippen molar-refractivity contribution in [3.63, 3.8) is 0 Å². The summed E-state index contributed by atoms with van der Waals surface area (Å²) in [7, 11) is -2.50. The maximum absolute atomic E-state index is 13.7. The van der Waals surface area contributed by atoms with E-state index in [1.54, 1.807) is 0 Å². The van der Waals surface area contributed by atoms with Gasteiger partial charge in [-0.2, -0.15) is 5.10 Å². The van der Waals surface area contributed by atoms with Crippen LogP contribution in [0.1, 0.15) is 10.5 Å². The number of nitrogens with one attached hydrogen (secondary N) is 1. The minimum Gasteiger partial charge on any atom is -0.495 e. The predicted molar refractivity (Wildman–Crippen MR) is 70.6 cm³/mol. The number of halogens is 1. The number of methoxy groups -OCH3 is 1. The van der Waals surface area contributed by atoms with Crippen molar-refractivity contribution in [2.75, 3.05) is 13.4 Å². The molecule has 0 amide bonds. The Morgan fingerprint density at radius 1 is 1.38 bits per heavy atom. The molecular weight excluding hydrogens is 303 g/mol. The summed E-state index contributed by atoms with van der Waals surface area (Å²) in [6.45, 7) is 0. The van der Waals surface area contributed by atoms with Crippen LogP contribution in [0.4, 0.5) is 4.39 Å². The summed E-state index contributed by atoms with van der Waals surface area (Å²) < 4.78 is 42.1. The second kappa shape index (κ2) is 5.17. The topological polar surface area (TPSA) is 109 Å². The number of aromatic nitrogens is 2. The molecule has 0 saturated carbocycles. The molecule has 1 aromatic heterocycles. The molecule has 2 aromatic rings. The number of carboxylic acid groups (broad SMARTS) is 1. The van der Waals surface area contributed by atoms with Crippen molar-refractivity contribution in [3.05, 3.63) is 29.7 Å². The lowest BCUT2D eigenvalue weighted by molar-refractivity contribution is 0.0690. The fourth-order valence-corrected chi connectivity index (χ4v) is 2.67. The first-order valence-electron chi connectivity index (χ1n) is 5.60. The van der Waals surface area contributed by atoms with E-state index in [2.05, 4.69) is 10.2 Å². The predicted octanol–water partition coefficient (Wildman–Crippen LogP) is 1.33. The first kappa shape index (κ1) is 15.0. The second-order valence-corrected chi connectivity index (χ2v) is 6.21. The van der Waals surface area contributed by atoms with Gasteiger partial charge in [-0.05, 0) is 18.2 Å². The van der Waals surface area contributed by atoms with Crippen LogP contribution in [0.3, 0.4) is 0 Å². The van der Waals surface area contributed by atoms with Crippen LogP contribution in [-0.4, -0.2) is 43.1 Å². The Kier molecular flexibility index (Phi) is 3.69. The van der Waals surface area contributed by atoms with Gasteiger partial charge in [0.1, 0.15) is 22.2 Å². The molecule has 0 radical (unpaired) electrons. The maximum Gasteiger partial charge on any atom is 0.353 e. The third-order valence-electron chi connectivity index (χ3n) is 2.71. The Balaban J connectivity index is 2.73. The third kappa shape index (κ3) is 2.87. The molecule has 0 bridgehead atoms. The van der Waals surface area contributed by atoms with Crippen LogP contribution < -0.4 is 4.74 Å². The molecule has 9 heteroatoms. The number of H-pyrrole nitrogens is 1. The number of hydrogen-bond donors (Lipinski definition) is 2. The molecule has 0 atom stereocenters. The highest BCUT2D eigenvalue weighted by atomic mass is 32.2. The minimum atomic E-state index is -3.73. The molecule has 2 N–H and O–H groups in total. The van der Waals surface area contributed by atoms with Crippen LogP contribution in [0.25, 0.3) is 11.3 Å². The number of sulfone groups is 1. The first-order chi connectivity index (χ1) is 9.74. The van der Waals surface area contributed by atoms with Gasteiger partial charge in [0.15, 0.2) is 9.84 Å². The lowest BCUT2D eigenvalue weighted by atomic mass is 10.1. The molecule has 0 saturated heterocycles. The number of rotatable bonds is 4. The quantitative estimate of drug-likeness (QED) is 0.881. The van der Waals surface area contributed by atoms with Crippen LogP contribution in [0.2, 0.25) is 0 Å². The second-order valence-electron chi connectivity index (χ2n) is 4.23. The summed E-state index contributed by atoms with van der Waals surface area (Å²) in [5.74, 6) is -2.14. The van der Waals surface area contributed by atoms with E-state index in [9.17, 15) is 17.6 Å². The lowest BCUT2D eigenvalue weighted by Gasteiger charge is -2.11. The Morgan fingerprint density at radius 2 is 2.05 bits per heavy atom. The maximum atomic E-state index is 13.7. The highest BCUT2D eigenvalue weighted by Gasteiger charge is 2.22. The molecule has 0 fully saturated rings. The summed E-state index contributed by atoms with van der Waals surface area (Å²) in [6.07, 6.45) is 0.918. The van der Waals surface area contributed by atoms with Crippen molar-refractivity contribution in [1.29, 1.82) is 0 Å². The molecule has 0 aliphatic rings. The number of carboxylic acids is 1. The van der Waals surface area contributed by atoms with Crippen molar-refractivity contribution < 1.29 is 27.4 Å². The van der Waals surface area contributed by atoms with Gasteiger partial charge in [-0.25, -0.2) is 17.6 Å². The van der Waals surface area contributed by atoms with Gasteiger partial charge in [0.05, 0.1) is 12.8 Å². The normalized spacial score (nSPS) is 11.4. The summed E-state index contributed by atoms with van der Waals surface area (Å²) in [5.41, 5.74) is -0.104. The number of carbonyl (C=O) groups is 1. The molecule has 21 heavy (non-hydrogen) atoms. The van der Waals surface area contributed by atoms with E-state index in [0.29, 0.717) is 0 Å². The average Bonchev–Trinajstić information content (AvgIpc) is 2.86. The molecule has 112 valence electrons. The van der Waals surface area contributed by atoms with Crippen molar-refractivity contribution in [2.45, 2.75) is 4.90 Å². The van der Waals surface area contributed by atoms with Crippen LogP contribution >= 0.6 is 0 Å². The summed E-state index contributed by atoms with van der Waals surface area (Å²) in [4.78, 5) is 10.5. The largest absolute Gasteiger partial charge is 0.495 e. The smallest absolute Gasteiger partial charge is 0.353 e. The average molecular weight is 314 g/mol. The fraction of sp³-hybridized carbons (Fsp3) is 0.167. The number of ether oxygens (including phenoxy) is 1. The summed E-state index contributed by atoms with van der Waals surface area (Å²) in [5, 5.41) is 14.8. The zero-order valence-corrected chi connectivity index (χ0v) is 11.9. The monoisotopic (exact) mass is 314 g/mol. The van der Waals surface area contributed by atoms with E-state index in [1.807, 2.05) is 0 Å². The molecule has 0 aliphatic carbocycles. The molecule has 2 rings (SSSR count). The van der Waals surface area contributed by atoms with E-state index in [0.717, 1.165) is 24.5 Å². The summed E-state index contributed by atoms with van der Waals surface area (Å²) in [6, 6.07) is 3.02. The van der Waals surface area contributed by atoms with Gasteiger partial charge >= 0.3 is 5.97 Å². The fourth-order valence-electron chi connectivity index (χ4n) is 1.81. The van der Waals surface area contributed by atoms with Crippen LogP contribution in [0, 0.1) is 5.82 Å². The number of nitrogens with zero attached hydrogens (tertiary/aromatic N) is 1. The SMILES string of the molecule is COc1c(-c2cc(C(=O)O)[nH]n2)cc(F)cc1S(C)(=O)=O. The summed E-state index contributed by atoms with van der Waals surface area (Å²) >= 11 is 0. The van der Waals surface area contributed by atoms with Gasteiger partial charge < -0.3 is 9.84 Å². The molecule has 0 spiro atoms. The Labute approximate surface area is 119 Å². The zero-order chi connectivity index (χ0) is 15.8. The van der Waals surface area contributed by atoms with E-state index >= 15 is 0 Å². The van der Waals surface area contributed by atoms with Gasteiger partial charge in [-0.1, -0.05) is 0 Å². The van der Waals surface area contributed by atoms with E-state index in [-0.39, 0.29) is 27.6 Å². The minimum absolute atomic E-state index is 0.0432. The van der Waals surface area contributed by atoms with Gasteiger partial charge in [-0.3, -0.25) is 5.10 Å². The van der Waals surface area contributed by atoms with Crippen LogP contribution in [0.5, 0.6) is 5.75 Å². The number of aromatic carboxylic acids is 1. The standard InChI is InChI=1S/C12H11FN2O5S/c1-20-11-7(8-5-9(12(16)17)15-14-8)3-6(13)4-10(11)21(2,18)19/h3-5H,1-2H3,(H,14,15)(H,16,17). The molecule has 1 heterocycles. The number of benzene rings is 1. The van der Waals surface area contributed by atoms with Gasteiger partial charge in [0.2, 0.25) is 0 Å². The van der Waals surface area contributed by atoms with Crippen LogP contribution in [-0.2, 0) is 9.84 Å². The van der Waals surface area contributed by atoms with Gasteiger partial charge in [-0.15, -0.1) is 0 Å². The molecule has 7 nitrogen and oxygen atoms in total. The highest BCUT2D eigenvalue weighted by molar-refractivity contribution is 7.90. The molecule has 1 aromatic carbocycles. The lowest BCUT2D eigenvalue weighted by Crippen LogP contribution is -2.03. The Hall–Kier alpha value is -2.42. The molecule has 0 unspecified atom stereocenters. The van der Waals surface area contributed by atoms with E-state index in [4.69, 9.17) is 9.84 Å². The van der Waals surface area contributed by atoms with Crippen molar-refractivity contribution in [3.8, 4) is 17.0 Å². The highest BCUT2D eigenvalue weighted by Crippen LogP contribution is 2.36. The Morgan fingerprint density at radius 3 is 2.52 bits per heavy atom. The van der Waals surface area contributed by atoms with Crippen LogP contribution in [0.15, 0.2) is 23.1 Å².